The molecule has 6 heteroatoms. The third-order valence-electron chi connectivity index (χ3n) is 4.29. The second-order valence-corrected chi connectivity index (χ2v) is 5.93. The van der Waals surface area contributed by atoms with Crippen LogP contribution >= 0.6 is 0 Å². The highest BCUT2D eigenvalue weighted by atomic mass is 16.5. The van der Waals surface area contributed by atoms with Crippen LogP contribution in [0.1, 0.15) is 11.4 Å². The Morgan fingerprint density at radius 1 is 0.917 bits per heavy atom. The molecule has 0 bridgehead atoms. The van der Waals surface area contributed by atoms with Crippen LogP contribution in [0.5, 0.6) is 0 Å². The second kappa shape index (κ2) is 6.13. The zero-order chi connectivity index (χ0) is 16.5. The van der Waals surface area contributed by atoms with Crippen LogP contribution in [0.15, 0.2) is 30.3 Å². The average molecular weight is 321 g/mol. The monoisotopic (exact) mass is 321 g/mol. The zero-order valence-electron chi connectivity index (χ0n) is 13.9. The molecule has 3 aromatic rings. The Balaban J connectivity index is 1.90. The molecule has 1 aliphatic rings. The Morgan fingerprint density at radius 3 is 2.42 bits per heavy atom. The van der Waals surface area contributed by atoms with Gasteiger partial charge in [0.1, 0.15) is 5.52 Å². The molecule has 0 spiro atoms. The number of ether oxygens (including phenoxy) is 1. The maximum Gasteiger partial charge on any atom is 0.162 e. The first-order valence-corrected chi connectivity index (χ1v) is 8.14. The summed E-state index contributed by atoms with van der Waals surface area (Å²) in [7, 11) is 0. The lowest BCUT2D eigenvalue weighted by atomic mass is 10.1. The van der Waals surface area contributed by atoms with Gasteiger partial charge in [0.25, 0.3) is 0 Å². The quantitative estimate of drug-likeness (QED) is 0.723. The first-order chi connectivity index (χ1) is 11.7. The van der Waals surface area contributed by atoms with E-state index in [0.717, 1.165) is 52.6 Å². The van der Waals surface area contributed by atoms with Crippen molar-refractivity contribution in [3.8, 4) is 11.4 Å². The van der Waals surface area contributed by atoms with E-state index >= 15 is 0 Å². The van der Waals surface area contributed by atoms with Gasteiger partial charge < -0.3 is 9.64 Å². The molecule has 0 N–H and O–H groups in total. The maximum atomic E-state index is 5.44. The van der Waals surface area contributed by atoms with Crippen molar-refractivity contribution in [2.24, 2.45) is 0 Å². The standard InChI is InChI=1S/C18H19N5O/c1-12-15-16(20-17(19-12)14-6-4-3-5-7-14)13(2)21-22-18(15)23-8-10-24-11-9-23/h3-7H,8-11H2,1-2H3. The number of hydrogen-bond acceptors (Lipinski definition) is 6. The van der Waals surface area contributed by atoms with E-state index in [4.69, 9.17) is 14.7 Å². The van der Waals surface area contributed by atoms with Gasteiger partial charge in [-0.3, -0.25) is 0 Å². The van der Waals surface area contributed by atoms with Crippen molar-refractivity contribution in [1.82, 2.24) is 20.2 Å². The van der Waals surface area contributed by atoms with E-state index in [-0.39, 0.29) is 0 Å². The third-order valence-corrected chi connectivity index (χ3v) is 4.29. The molecule has 1 fully saturated rings. The van der Waals surface area contributed by atoms with Gasteiger partial charge in [-0.1, -0.05) is 30.3 Å². The predicted octanol–water partition coefficient (Wildman–Crippen LogP) is 2.54. The van der Waals surface area contributed by atoms with E-state index in [1.54, 1.807) is 0 Å². The van der Waals surface area contributed by atoms with E-state index in [1.165, 1.54) is 0 Å². The molecule has 0 atom stereocenters. The van der Waals surface area contributed by atoms with Crippen LogP contribution < -0.4 is 4.90 Å². The van der Waals surface area contributed by atoms with Crippen LogP contribution in [-0.2, 0) is 4.74 Å². The van der Waals surface area contributed by atoms with Gasteiger partial charge in [-0.2, -0.15) is 5.10 Å². The Labute approximate surface area is 140 Å². The minimum Gasteiger partial charge on any atom is -0.378 e. The van der Waals surface area contributed by atoms with Crippen LogP contribution in [0.2, 0.25) is 0 Å². The second-order valence-electron chi connectivity index (χ2n) is 5.93. The number of fused-ring (bicyclic) bond motifs is 1. The van der Waals surface area contributed by atoms with Gasteiger partial charge in [0.2, 0.25) is 0 Å². The largest absolute Gasteiger partial charge is 0.378 e. The summed E-state index contributed by atoms with van der Waals surface area (Å²) in [6.07, 6.45) is 0. The van der Waals surface area contributed by atoms with Gasteiger partial charge in [0.05, 0.1) is 30.0 Å². The fourth-order valence-electron chi connectivity index (χ4n) is 3.03. The summed E-state index contributed by atoms with van der Waals surface area (Å²) in [5.41, 5.74) is 3.63. The van der Waals surface area contributed by atoms with Crippen LogP contribution in [0.4, 0.5) is 5.82 Å². The molecule has 3 heterocycles. The van der Waals surface area contributed by atoms with E-state index in [2.05, 4.69) is 15.1 Å². The first-order valence-electron chi connectivity index (χ1n) is 8.14. The van der Waals surface area contributed by atoms with E-state index < -0.39 is 0 Å². The number of hydrogen-bond donors (Lipinski definition) is 0. The van der Waals surface area contributed by atoms with E-state index in [9.17, 15) is 0 Å². The Bertz CT molecular complexity index is 875. The van der Waals surface area contributed by atoms with Crippen molar-refractivity contribution >= 4 is 16.7 Å². The molecule has 24 heavy (non-hydrogen) atoms. The Morgan fingerprint density at radius 2 is 1.67 bits per heavy atom. The summed E-state index contributed by atoms with van der Waals surface area (Å²) in [4.78, 5) is 11.7. The normalized spacial score (nSPS) is 15.0. The van der Waals surface area contributed by atoms with Crippen molar-refractivity contribution in [2.45, 2.75) is 13.8 Å². The summed E-state index contributed by atoms with van der Waals surface area (Å²) in [5.74, 6) is 1.58. The highest BCUT2D eigenvalue weighted by Gasteiger charge is 2.20. The summed E-state index contributed by atoms with van der Waals surface area (Å²) < 4.78 is 5.44. The molecule has 0 aliphatic carbocycles. The van der Waals surface area contributed by atoms with Crippen molar-refractivity contribution < 1.29 is 4.74 Å². The zero-order valence-corrected chi connectivity index (χ0v) is 13.9. The van der Waals surface area contributed by atoms with Gasteiger partial charge in [0.15, 0.2) is 11.6 Å². The van der Waals surface area contributed by atoms with Crippen molar-refractivity contribution in [1.29, 1.82) is 0 Å². The molecular formula is C18H19N5O. The molecule has 0 amide bonds. The predicted molar refractivity (Wildman–Crippen MR) is 93.1 cm³/mol. The lowest BCUT2D eigenvalue weighted by Crippen LogP contribution is -2.37. The summed E-state index contributed by atoms with van der Waals surface area (Å²) >= 11 is 0. The van der Waals surface area contributed by atoms with E-state index in [0.29, 0.717) is 13.2 Å². The van der Waals surface area contributed by atoms with E-state index in [1.807, 2.05) is 44.2 Å². The van der Waals surface area contributed by atoms with Crippen LogP contribution in [0.25, 0.3) is 22.3 Å². The molecule has 2 aromatic heterocycles. The van der Waals surface area contributed by atoms with Crippen molar-refractivity contribution in [3.05, 3.63) is 41.7 Å². The van der Waals surface area contributed by atoms with Gasteiger partial charge in [0, 0.05) is 18.7 Å². The lowest BCUT2D eigenvalue weighted by molar-refractivity contribution is 0.122. The number of morpholine rings is 1. The van der Waals surface area contributed by atoms with Gasteiger partial charge in [-0.15, -0.1) is 5.10 Å². The minimum absolute atomic E-state index is 0.707. The fraction of sp³-hybridized carbons (Fsp3) is 0.333. The molecule has 1 saturated heterocycles. The maximum absolute atomic E-state index is 5.44. The Hall–Kier alpha value is -2.60. The van der Waals surface area contributed by atoms with Gasteiger partial charge in [-0.25, -0.2) is 9.97 Å². The molecule has 0 unspecified atom stereocenters. The SMILES string of the molecule is Cc1nnc(N2CCOCC2)c2c(C)nc(-c3ccccc3)nc12. The lowest BCUT2D eigenvalue weighted by Gasteiger charge is -2.28. The van der Waals surface area contributed by atoms with Crippen LogP contribution in [0, 0.1) is 13.8 Å². The average Bonchev–Trinajstić information content (AvgIpc) is 2.64. The molecule has 1 aromatic carbocycles. The number of anilines is 1. The van der Waals surface area contributed by atoms with Gasteiger partial charge >= 0.3 is 0 Å². The minimum atomic E-state index is 0.707. The van der Waals surface area contributed by atoms with Crippen molar-refractivity contribution in [3.63, 3.8) is 0 Å². The molecule has 1 aliphatic heterocycles. The molecule has 122 valence electrons. The van der Waals surface area contributed by atoms with Crippen LogP contribution in [0.3, 0.4) is 0 Å². The summed E-state index contributed by atoms with van der Waals surface area (Å²) in [6.45, 7) is 7.00. The Kier molecular flexibility index (Phi) is 3.82. The van der Waals surface area contributed by atoms with Gasteiger partial charge in [-0.05, 0) is 13.8 Å². The molecular weight excluding hydrogens is 302 g/mol. The highest BCUT2D eigenvalue weighted by molar-refractivity contribution is 5.93. The summed E-state index contributed by atoms with van der Waals surface area (Å²) in [5, 5.41) is 9.76. The number of aromatic nitrogens is 4. The highest BCUT2D eigenvalue weighted by Crippen LogP contribution is 2.29. The van der Waals surface area contributed by atoms with Crippen molar-refractivity contribution in [2.75, 3.05) is 31.2 Å². The smallest absolute Gasteiger partial charge is 0.162 e. The number of benzene rings is 1. The number of rotatable bonds is 2. The molecule has 6 nitrogen and oxygen atoms in total. The molecule has 4 rings (SSSR count). The summed E-state index contributed by atoms with van der Waals surface area (Å²) in [6, 6.07) is 10.0. The molecule has 0 saturated carbocycles. The number of nitrogens with zero attached hydrogens (tertiary/aromatic N) is 5. The fourth-order valence-corrected chi connectivity index (χ4v) is 3.03. The third kappa shape index (κ3) is 2.59. The molecule has 0 radical (unpaired) electrons. The topological polar surface area (TPSA) is 64.0 Å². The number of aryl methyl sites for hydroxylation is 2. The first kappa shape index (κ1) is 15.0. The van der Waals surface area contributed by atoms with Crippen LogP contribution in [-0.4, -0.2) is 46.5 Å².